The van der Waals surface area contributed by atoms with Crippen LogP contribution in [0.1, 0.15) is 17.4 Å². The van der Waals surface area contributed by atoms with E-state index in [4.69, 9.17) is 16.3 Å². The van der Waals surface area contributed by atoms with E-state index in [1.54, 1.807) is 66.4 Å². The number of fused-ring (bicyclic) bond motifs is 3. The number of aromatic nitrogens is 2. The maximum Gasteiger partial charge on any atom is 0.410 e. The van der Waals surface area contributed by atoms with Crippen molar-refractivity contribution in [3.05, 3.63) is 90.9 Å². The number of carbonyl (C=O) groups excluding carboxylic acids is 2. The number of benzene rings is 2. The van der Waals surface area contributed by atoms with Crippen LogP contribution >= 0.6 is 22.9 Å². The SMILES string of the molecule is CCOC(=O)N1CCc2c(sc3c2c(=O)n(-c2ccccc2)c(=O)n3CC(=O)Nc2cccc(Cl)c2)C1. The number of nitrogens with zero attached hydrogens (tertiary/aromatic N) is 3. The topological polar surface area (TPSA) is 103 Å². The minimum Gasteiger partial charge on any atom is -0.450 e. The van der Waals surface area contributed by atoms with Gasteiger partial charge in [0.2, 0.25) is 5.91 Å². The van der Waals surface area contributed by atoms with E-state index in [9.17, 15) is 19.2 Å². The third-order valence-electron chi connectivity index (χ3n) is 6.07. The summed E-state index contributed by atoms with van der Waals surface area (Å²) in [6, 6.07) is 15.3. The molecule has 37 heavy (non-hydrogen) atoms. The standard InChI is InChI=1S/C26H23ClN4O5S/c1-2-36-26(35)29-12-11-19-20(14-29)37-24-22(19)23(33)31(18-9-4-3-5-10-18)25(34)30(24)15-21(32)28-17-8-6-7-16(27)13-17/h3-10,13H,2,11-12,14-15H2,1H3,(H,28,32). The van der Waals surface area contributed by atoms with Gasteiger partial charge in [-0.15, -0.1) is 11.3 Å². The number of rotatable bonds is 5. The Hall–Kier alpha value is -3.89. The lowest BCUT2D eigenvalue weighted by molar-refractivity contribution is -0.116. The van der Waals surface area contributed by atoms with E-state index < -0.39 is 23.2 Å². The summed E-state index contributed by atoms with van der Waals surface area (Å²) in [6.07, 6.45) is 0.0102. The first-order valence-corrected chi connectivity index (χ1v) is 12.9. The molecule has 1 aliphatic heterocycles. The largest absolute Gasteiger partial charge is 0.450 e. The number of nitrogens with one attached hydrogen (secondary N) is 1. The molecule has 2 aromatic heterocycles. The Morgan fingerprint density at radius 2 is 1.89 bits per heavy atom. The minimum absolute atomic E-state index is 0.262. The second kappa shape index (κ2) is 10.2. The fourth-order valence-corrected chi connectivity index (χ4v) is 5.97. The summed E-state index contributed by atoms with van der Waals surface area (Å²) in [6.45, 7) is 2.34. The zero-order chi connectivity index (χ0) is 26.1. The lowest BCUT2D eigenvalue weighted by Crippen LogP contribution is -2.41. The maximum atomic E-state index is 13.7. The van der Waals surface area contributed by atoms with Crippen molar-refractivity contribution >= 4 is 50.8 Å². The molecule has 0 unspecified atom stereocenters. The van der Waals surface area contributed by atoms with Crippen LogP contribution in [-0.4, -0.2) is 39.2 Å². The fourth-order valence-electron chi connectivity index (χ4n) is 4.43. The van der Waals surface area contributed by atoms with Crippen LogP contribution in [-0.2, 0) is 29.0 Å². The van der Waals surface area contributed by atoms with Crippen LogP contribution in [0.4, 0.5) is 10.5 Å². The van der Waals surface area contributed by atoms with Crippen molar-refractivity contribution < 1.29 is 14.3 Å². The van der Waals surface area contributed by atoms with E-state index >= 15 is 0 Å². The van der Waals surface area contributed by atoms with E-state index in [2.05, 4.69) is 5.32 Å². The van der Waals surface area contributed by atoms with Crippen molar-refractivity contribution in [1.82, 2.24) is 14.0 Å². The van der Waals surface area contributed by atoms with Crippen molar-refractivity contribution in [3.8, 4) is 5.69 Å². The van der Waals surface area contributed by atoms with E-state index in [1.165, 1.54) is 15.9 Å². The van der Waals surface area contributed by atoms with Crippen LogP contribution in [0.15, 0.2) is 64.2 Å². The number of anilines is 1. The summed E-state index contributed by atoms with van der Waals surface area (Å²) in [5.74, 6) is -0.441. The second-order valence-corrected chi connectivity index (χ2v) is 9.98. The quantitative estimate of drug-likeness (QED) is 0.413. The number of para-hydroxylation sites is 1. The van der Waals surface area contributed by atoms with Crippen LogP contribution in [0.5, 0.6) is 0 Å². The molecule has 5 rings (SSSR count). The number of hydrogen-bond acceptors (Lipinski definition) is 6. The molecule has 11 heteroatoms. The molecule has 0 fully saturated rings. The molecular weight excluding hydrogens is 516 g/mol. The first-order valence-electron chi connectivity index (χ1n) is 11.7. The molecule has 1 aliphatic rings. The minimum atomic E-state index is -0.620. The van der Waals surface area contributed by atoms with Crippen LogP contribution in [0.25, 0.3) is 15.9 Å². The molecule has 190 valence electrons. The fraction of sp³-hybridized carbons (Fsp3) is 0.231. The third-order valence-corrected chi connectivity index (χ3v) is 7.55. The average molecular weight is 539 g/mol. The summed E-state index contributed by atoms with van der Waals surface area (Å²) in [4.78, 5) is 55.5. The molecule has 0 bridgehead atoms. The van der Waals surface area contributed by atoms with Gasteiger partial charge in [0.05, 0.1) is 24.2 Å². The smallest absolute Gasteiger partial charge is 0.410 e. The summed E-state index contributed by atoms with van der Waals surface area (Å²) in [5.41, 5.74) is 0.630. The van der Waals surface area contributed by atoms with Crippen molar-refractivity contribution in [1.29, 1.82) is 0 Å². The van der Waals surface area contributed by atoms with E-state index in [0.717, 1.165) is 15.0 Å². The van der Waals surface area contributed by atoms with Gasteiger partial charge in [-0.05, 0) is 49.2 Å². The zero-order valence-corrected chi connectivity index (χ0v) is 21.5. The van der Waals surface area contributed by atoms with Gasteiger partial charge in [-0.3, -0.25) is 14.2 Å². The van der Waals surface area contributed by atoms with Crippen LogP contribution in [0.3, 0.4) is 0 Å². The van der Waals surface area contributed by atoms with Crippen LogP contribution < -0.4 is 16.6 Å². The summed E-state index contributed by atoms with van der Waals surface area (Å²) in [5, 5.41) is 3.62. The number of thiophene rings is 1. The number of ether oxygens (including phenoxy) is 1. The Labute approximate surface area is 220 Å². The monoisotopic (exact) mass is 538 g/mol. The molecule has 3 heterocycles. The first-order chi connectivity index (χ1) is 17.9. The number of amides is 2. The Bertz CT molecular complexity index is 1630. The molecule has 0 atom stereocenters. The van der Waals surface area contributed by atoms with Crippen LogP contribution in [0, 0.1) is 0 Å². The van der Waals surface area contributed by atoms with Gasteiger partial charge in [0.15, 0.2) is 0 Å². The molecule has 2 amide bonds. The summed E-state index contributed by atoms with van der Waals surface area (Å²) in [7, 11) is 0. The lowest BCUT2D eigenvalue weighted by Gasteiger charge is -2.25. The normalized spacial score (nSPS) is 12.9. The maximum absolute atomic E-state index is 13.7. The van der Waals surface area contributed by atoms with Gasteiger partial charge < -0.3 is 15.0 Å². The van der Waals surface area contributed by atoms with E-state index in [0.29, 0.717) is 39.6 Å². The Balaban J connectivity index is 1.63. The highest BCUT2D eigenvalue weighted by Crippen LogP contribution is 2.33. The number of halogens is 1. The molecule has 4 aromatic rings. The van der Waals surface area contributed by atoms with Crippen molar-refractivity contribution in [3.63, 3.8) is 0 Å². The van der Waals surface area contributed by atoms with Gasteiger partial charge in [-0.2, -0.15) is 0 Å². The predicted octanol–water partition coefficient (Wildman–Crippen LogP) is 4.02. The van der Waals surface area contributed by atoms with Gasteiger partial charge in [-0.25, -0.2) is 14.2 Å². The highest BCUT2D eigenvalue weighted by atomic mass is 35.5. The molecule has 2 aromatic carbocycles. The first kappa shape index (κ1) is 24.8. The van der Waals surface area contributed by atoms with Gasteiger partial charge in [0.25, 0.3) is 5.56 Å². The Kier molecular flexibility index (Phi) is 6.86. The Morgan fingerprint density at radius 1 is 1.11 bits per heavy atom. The number of carbonyl (C=O) groups is 2. The molecule has 0 radical (unpaired) electrons. The van der Waals surface area contributed by atoms with Crippen molar-refractivity contribution in [2.75, 3.05) is 18.5 Å². The van der Waals surface area contributed by atoms with Gasteiger partial charge in [0, 0.05) is 22.1 Å². The van der Waals surface area contributed by atoms with E-state index in [-0.39, 0.29) is 19.7 Å². The highest BCUT2D eigenvalue weighted by molar-refractivity contribution is 7.18. The second-order valence-electron chi connectivity index (χ2n) is 8.46. The van der Waals surface area contributed by atoms with Gasteiger partial charge >= 0.3 is 11.8 Å². The predicted molar refractivity (Wildman–Crippen MR) is 143 cm³/mol. The molecule has 0 saturated heterocycles. The lowest BCUT2D eigenvalue weighted by atomic mass is 10.1. The van der Waals surface area contributed by atoms with Crippen molar-refractivity contribution in [2.24, 2.45) is 0 Å². The molecule has 1 N–H and O–H groups in total. The molecule has 0 aliphatic carbocycles. The summed E-state index contributed by atoms with van der Waals surface area (Å²) < 4.78 is 7.56. The molecule has 0 saturated carbocycles. The van der Waals surface area contributed by atoms with Crippen molar-refractivity contribution in [2.45, 2.75) is 26.4 Å². The zero-order valence-electron chi connectivity index (χ0n) is 19.9. The molecular formula is C26H23ClN4O5S. The average Bonchev–Trinajstić information content (AvgIpc) is 3.26. The van der Waals surface area contributed by atoms with E-state index in [1.807, 2.05) is 0 Å². The van der Waals surface area contributed by atoms with Gasteiger partial charge in [-0.1, -0.05) is 35.9 Å². The third kappa shape index (κ3) is 4.77. The Morgan fingerprint density at radius 3 is 2.62 bits per heavy atom. The highest BCUT2D eigenvalue weighted by Gasteiger charge is 2.29. The van der Waals surface area contributed by atoms with Gasteiger partial charge in [0.1, 0.15) is 11.4 Å². The van der Waals surface area contributed by atoms with Crippen LogP contribution in [0.2, 0.25) is 5.02 Å². The number of hydrogen-bond donors (Lipinski definition) is 1. The summed E-state index contributed by atoms with van der Waals surface area (Å²) >= 11 is 7.28. The molecule has 9 nitrogen and oxygen atoms in total. The molecule has 0 spiro atoms.